The predicted octanol–water partition coefficient (Wildman–Crippen LogP) is 2.66. The third-order valence-corrected chi connectivity index (χ3v) is 4.21. The molecule has 3 nitrogen and oxygen atoms in total. The van der Waals surface area contributed by atoms with Gasteiger partial charge in [0.2, 0.25) is 5.91 Å². The molecule has 1 aliphatic rings. The van der Waals surface area contributed by atoms with Gasteiger partial charge in [-0.25, -0.2) is 8.78 Å². The van der Waals surface area contributed by atoms with Crippen LogP contribution >= 0.6 is 0 Å². The molecule has 1 unspecified atom stereocenters. The summed E-state index contributed by atoms with van der Waals surface area (Å²) in [6.45, 7) is 1.94. The van der Waals surface area contributed by atoms with Crippen molar-refractivity contribution in [2.75, 3.05) is 6.54 Å². The van der Waals surface area contributed by atoms with Crippen LogP contribution in [0.2, 0.25) is 0 Å². The highest BCUT2D eigenvalue weighted by Gasteiger charge is 2.40. The highest BCUT2D eigenvalue weighted by Crippen LogP contribution is 2.37. The lowest BCUT2D eigenvalue weighted by atomic mass is 9.85. The maximum atomic E-state index is 13.7. The van der Waals surface area contributed by atoms with E-state index in [9.17, 15) is 13.6 Å². The van der Waals surface area contributed by atoms with Crippen LogP contribution in [0.15, 0.2) is 18.2 Å². The Kier molecular flexibility index (Phi) is 4.38. The zero-order valence-corrected chi connectivity index (χ0v) is 11.6. The van der Waals surface area contributed by atoms with E-state index in [2.05, 4.69) is 5.32 Å². The lowest BCUT2D eigenvalue weighted by molar-refractivity contribution is -0.131. The van der Waals surface area contributed by atoms with Gasteiger partial charge in [-0.05, 0) is 38.0 Å². The van der Waals surface area contributed by atoms with Gasteiger partial charge in [0, 0.05) is 12.1 Å². The monoisotopic (exact) mass is 282 g/mol. The first-order chi connectivity index (χ1) is 9.48. The highest BCUT2D eigenvalue weighted by atomic mass is 19.1. The second kappa shape index (κ2) is 5.87. The molecule has 1 fully saturated rings. The average Bonchev–Trinajstić information content (AvgIpc) is 2.91. The fourth-order valence-corrected chi connectivity index (χ4v) is 2.85. The van der Waals surface area contributed by atoms with Crippen LogP contribution in [0, 0.1) is 17.0 Å². The molecule has 0 heterocycles. The molecule has 5 heteroatoms. The number of nitrogens with two attached hydrogens (primary N) is 1. The van der Waals surface area contributed by atoms with E-state index < -0.39 is 23.1 Å². The van der Waals surface area contributed by atoms with Crippen molar-refractivity contribution in [3.8, 4) is 0 Å². The quantitative estimate of drug-likeness (QED) is 0.892. The van der Waals surface area contributed by atoms with E-state index in [1.807, 2.05) is 0 Å². The Hall–Kier alpha value is -1.49. The van der Waals surface area contributed by atoms with Crippen LogP contribution in [-0.2, 0) is 4.79 Å². The summed E-state index contributed by atoms with van der Waals surface area (Å²) in [5.41, 5.74) is 5.36. The zero-order valence-electron chi connectivity index (χ0n) is 11.6. The summed E-state index contributed by atoms with van der Waals surface area (Å²) < 4.78 is 26.9. The predicted molar refractivity (Wildman–Crippen MR) is 72.9 cm³/mol. The van der Waals surface area contributed by atoms with E-state index in [0.29, 0.717) is 0 Å². The molecular weight excluding hydrogens is 262 g/mol. The van der Waals surface area contributed by atoms with Crippen LogP contribution in [0.25, 0.3) is 0 Å². The lowest BCUT2D eigenvalue weighted by Crippen LogP contribution is -2.45. The summed E-state index contributed by atoms with van der Waals surface area (Å²) >= 11 is 0. The molecule has 1 aliphatic carbocycles. The zero-order chi connectivity index (χ0) is 14.8. The first kappa shape index (κ1) is 14.9. The Balaban J connectivity index is 2.12. The van der Waals surface area contributed by atoms with Crippen molar-refractivity contribution in [1.82, 2.24) is 5.32 Å². The molecule has 1 saturated carbocycles. The number of hydrogen-bond acceptors (Lipinski definition) is 2. The molecule has 0 spiro atoms. The van der Waals surface area contributed by atoms with Crippen LogP contribution < -0.4 is 11.1 Å². The van der Waals surface area contributed by atoms with E-state index in [4.69, 9.17) is 5.73 Å². The van der Waals surface area contributed by atoms with Gasteiger partial charge in [-0.1, -0.05) is 12.8 Å². The van der Waals surface area contributed by atoms with Gasteiger partial charge in [0.25, 0.3) is 0 Å². The van der Waals surface area contributed by atoms with Gasteiger partial charge in [0.1, 0.15) is 11.6 Å². The van der Waals surface area contributed by atoms with Gasteiger partial charge in [0.15, 0.2) is 0 Å². The van der Waals surface area contributed by atoms with Crippen LogP contribution in [0.3, 0.4) is 0 Å². The molecule has 1 aromatic rings. The number of amides is 1. The molecule has 20 heavy (non-hydrogen) atoms. The van der Waals surface area contributed by atoms with Gasteiger partial charge in [-0.15, -0.1) is 0 Å². The molecular formula is C15H20F2N2O. The molecule has 0 saturated heterocycles. The number of halogens is 2. The molecule has 0 aromatic heterocycles. The maximum absolute atomic E-state index is 13.7. The SMILES string of the molecule is CC(NC(=O)C1(CN)CCCC1)c1cc(F)ccc1F. The maximum Gasteiger partial charge on any atom is 0.227 e. The number of carbonyl (C=O) groups is 1. The Morgan fingerprint density at radius 3 is 2.65 bits per heavy atom. The summed E-state index contributed by atoms with van der Waals surface area (Å²) in [5.74, 6) is -1.20. The number of rotatable bonds is 4. The molecule has 1 aromatic carbocycles. The third-order valence-electron chi connectivity index (χ3n) is 4.21. The smallest absolute Gasteiger partial charge is 0.227 e. The van der Waals surface area contributed by atoms with E-state index in [0.717, 1.165) is 43.9 Å². The second-order valence-electron chi connectivity index (χ2n) is 5.55. The van der Waals surface area contributed by atoms with E-state index in [-0.39, 0.29) is 18.0 Å². The van der Waals surface area contributed by atoms with E-state index in [1.165, 1.54) is 0 Å². The van der Waals surface area contributed by atoms with Crippen LogP contribution in [-0.4, -0.2) is 12.5 Å². The molecule has 0 radical (unpaired) electrons. The van der Waals surface area contributed by atoms with Crippen molar-refractivity contribution in [2.45, 2.75) is 38.6 Å². The summed E-state index contributed by atoms with van der Waals surface area (Å²) in [5, 5.41) is 2.77. The highest BCUT2D eigenvalue weighted by molar-refractivity contribution is 5.83. The molecule has 3 N–H and O–H groups in total. The van der Waals surface area contributed by atoms with Gasteiger partial charge in [-0.2, -0.15) is 0 Å². The minimum absolute atomic E-state index is 0.156. The van der Waals surface area contributed by atoms with E-state index in [1.54, 1.807) is 6.92 Å². The largest absolute Gasteiger partial charge is 0.349 e. The Labute approximate surface area is 117 Å². The van der Waals surface area contributed by atoms with E-state index >= 15 is 0 Å². The Bertz CT molecular complexity index is 499. The summed E-state index contributed by atoms with van der Waals surface area (Å²) in [4.78, 5) is 12.4. The molecule has 2 rings (SSSR count). The molecule has 110 valence electrons. The standard InChI is InChI=1S/C15H20F2N2O/c1-10(12-8-11(16)4-5-13(12)17)19-14(20)15(9-18)6-2-3-7-15/h4-5,8,10H,2-3,6-7,9,18H2,1H3,(H,19,20). The van der Waals surface area contributed by atoms with Crippen LogP contribution in [0.4, 0.5) is 8.78 Å². The number of nitrogens with one attached hydrogen (secondary N) is 1. The second-order valence-corrected chi connectivity index (χ2v) is 5.55. The minimum atomic E-state index is -0.581. The van der Waals surface area contributed by atoms with Gasteiger partial charge in [0.05, 0.1) is 11.5 Å². The summed E-state index contributed by atoms with van der Waals surface area (Å²) in [6, 6.07) is 2.67. The fraction of sp³-hybridized carbons (Fsp3) is 0.533. The van der Waals surface area contributed by atoms with Crippen LogP contribution in [0.1, 0.15) is 44.2 Å². The first-order valence-electron chi connectivity index (χ1n) is 6.94. The number of carbonyl (C=O) groups excluding carboxylic acids is 1. The van der Waals surface area contributed by atoms with Crippen molar-refractivity contribution in [3.63, 3.8) is 0 Å². The normalized spacial score (nSPS) is 18.8. The van der Waals surface area contributed by atoms with Crippen molar-refractivity contribution < 1.29 is 13.6 Å². The summed E-state index contributed by atoms with van der Waals surface area (Å²) in [7, 11) is 0. The van der Waals surface area contributed by atoms with Crippen molar-refractivity contribution >= 4 is 5.91 Å². The molecule has 1 atom stereocenters. The number of benzene rings is 1. The lowest BCUT2D eigenvalue weighted by Gasteiger charge is -2.28. The van der Waals surface area contributed by atoms with Crippen LogP contribution in [0.5, 0.6) is 0 Å². The average molecular weight is 282 g/mol. The topological polar surface area (TPSA) is 55.1 Å². The van der Waals surface area contributed by atoms with Crippen molar-refractivity contribution in [2.24, 2.45) is 11.1 Å². The first-order valence-corrected chi connectivity index (χ1v) is 6.94. The molecule has 1 amide bonds. The van der Waals surface area contributed by atoms with Gasteiger partial charge < -0.3 is 11.1 Å². The Morgan fingerprint density at radius 1 is 1.40 bits per heavy atom. The van der Waals surface area contributed by atoms with Gasteiger partial charge >= 0.3 is 0 Å². The minimum Gasteiger partial charge on any atom is -0.349 e. The molecule has 0 bridgehead atoms. The Morgan fingerprint density at radius 2 is 2.05 bits per heavy atom. The molecule has 0 aliphatic heterocycles. The van der Waals surface area contributed by atoms with Crippen molar-refractivity contribution in [1.29, 1.82) is 0 Å². The summed E-state index contributed by atoms with van der Waals surface area (Å²) in [6.07, 6.45) is 3.47. The fourth-order valence-electron chi connectivity index (χ4n) is 2.85. The third kappa shape index (κ3) is 2.82. The van der Waals surface area contributed by atoms with Crippen molar-refractivity contribution in [3.05, 3.63) is 35.4 Å². The number of hydrogen-bond donors (Lipinski definition) is 2. The van der Waals surface area contributed by atoms with Gasteiger partial charge in [-0.3, -0.25) is 4.79 Å².